The van der Waals surface area contributed by atoms with Crippen molar-refractivity contribution in [3.05, 3.63) is 64.2 Å². The summed E-state index contributed by atoms with van der Waals surface area (Å²) in [7, 11) is 1.33. The van der Waals surface area contributed by atoms with Crippen molar-refractivity contribution < 1.29 is 24.0 Å². The number of nitrogens with zero attached hydrogens (tertiary/aromatic N) is 2. The minimum absolute atomic E-state index is 0.0418. The van der Waals surface area contributed by atoms with Crippen LogP contribution < -0.4 is 14.8 Å². The van der Waals surface area contributed by atoms with Gasteiger partial charge in [0.2, 0.25) is 11.7 Å². The largest absolute Gasteiger partial charge is 0.490 e. The molecule has 182 valence electrons. The predicted octanol–water partition coefficient (Wildman–Crippen LogP) is 3.50. The van der Waals surface area contributed by atoms with Crippen LogP contribution in [0.25, 0.3) is 0 Å². The van der Waals surface area contributed by atoms with Crippen LogP contribution in [-0.2, 0) is 16.0 Å². The Morgan fingerprint density at radius 1 is 1.18 bits per heavy atom. The van der Waals surface area contributed by atoms with Gasteiger partial charge >= 0.3 is 5.69 Å². The lowest BCUT2D eigenvalue weighted by Gasteiger charge is -2.29. The first-order valence-electron chi connectivity index (χ1n) is 11.5. The summed E-state index contributed by atoms with van der Waals surface area (Å²) in [5, 5.41) is 14.1. The Morgan fingerprint density at radius 2 is 1.88 bits per heavy atom. The van der Waals surface area contributed by atoms with Gasteiger partial charge in [-0.2, -0.15) is 0 Å². The Kier molecular flexibility index (Phi) is 8.84. The second-order valence-electron chi connectivity index (χ2n) is 8.37. The highest BCUT2D eigenvalue weighted by molar-refractivity contribution is 5.88. The number of benzene rings is 2. The second-order valence-corrected chi connectivity index (χ2v) is 8.37. The number of methoxy groups -OCH3 is 1. The summed E-state index contributed by atoms with van der Waals surface area (Å²) < 4.78 is 10.7. The maximum absolute atomic E-state index is 13.1. The van der Waals surface area contributed by atoms with Crippen LogP contribution in [0.15, 0.2) is 48.5 Å². The molecule has 9 nitrogen and oxygen atoms in total. The van der Waals surface area contributed by atoms with Crippen LogP contribution in [0, 0.1) is 10.1 Å². The molecule has 0 spiro atoms. The van der Waals surface area contributed by atoms with Crippen molar-refractivity contribution in [1.29, 1.82) is 0 Å². The number of amides is 2. The molecule has 3 rings (SSSR count). The Labute approximate surface area is 199 Å². The van der Waals surface area contributed by atoms with Gasteiger partial charge < -0.3 is 19.7 Å². The molecule has 1 saturated carbocycles. The van der Waals surface area contributed by atoms with Crippen LogP contribution in [0.3, 0.4) is 0 Å². The molecule has 1 aliphatic carbocycles. The Bertz CT molecular complexity index is 991. The average molecular weight is 470 g/mol. The number of carbonyl (C=O) groups is 2. The van der Waals surface area contributed by atoms with E-state index >= 15 is 0 Å². The molecule has 0 radical (unpaired) electrons. The first kappa shape index (κ1) is 25.0. The maximum Gasteiger partial charge on any atom is 0.311 e. The number of rotatable bonds is 11. The Balaban J connectivity index is 1.68. The van der Waals surface area contributed by atoms with E-state index in [0.29, 0.717) is 13.0 Å². The summed E-state index contributed by atoms with van der Waals surface area (Å²) in [6.45, 7) is 1.77. The third kappa shape index (κ3) is 6.69. The van der Waals surface area contributed by atoms with E-state index in [1.165, 1.54) is 30.2 Å². The third-order valence-electron chi connectivity index (χ3n) is 6.06. The van der Waals surface area contributed by atoms with Crippen molar-refractivity contribution in [2.75, 3.05) is 20.3 Å². The zero-order valence-corrected chi connectivity index (χ0v) is 19.6. The fraction of sp³-hybridized carbons (Fsp3) is 0.440. The number of nitro groups is 1. The van der Waals surface area contributed by atoms with Crippen molar-refractivity contribution in [2.45, 2.75) is 51.1 Å². The first-order chi connectivity index (χ1) is 16.4. The predicted molar refractivity (Wildman–Crippen MR) is 127 cm³/mol. The van der Waals surface area contributed by atoms with Gasteiger partial charge in [-0.25, -0.2) is 0 Å². The highest BCUT2D eigenvalue weighted by atomic mass is 16.6. The smallest absolute Gasteiger partial charge is 0.311 e. The van der Waals surface area contributed by atoms with Gasteiger partial charge in [0.1, 0.15) is 11.8 Å². The Hall–Kier alpha value is -3.62. The summed E-state index contributed by atoms with van der Waals surface area (Å²) in [6.07, 6.45) is 4.72. The quantitative estimate of drug-likeness (QED) is 0.398. The molecule has 9 heteroatoms. The van der Waals surface area contributed by atoms with E-state index in [-0.39, 0.29) is 41.6 Å². The van der Waals surface area contributed by atoms with Crippen molar-refractivity contribution in [1.82, 2.24) is 10.2 Å². The molecule has 1 fully saturated rings. The molecule has 0 bridgehead atoms. The van der Waals surface area contributed by atoms with Gasteiger partial charge in [0.25, 0.3) is 5.91 Å². The minimum atomic E-state index is -0.660. The van der Waals surface area contributed by atoms with E-state index in [0.717, 1.165) is 31.2 Å². The minimum Gasteiger partial charge on any atom is -0.490 e. The SMILES string of the molecule is COc1cc(OCC(=O)N(CCc2ccccc2)C(C)C(=O)NC2CCCC2)ccc1[N+](=O)[O-]. The molecule has 1 unspecified atom stereocenters. The van der Waals surface area contributed by atoms with Crippen molar-refractivity contribution in [2.24, 2.45) is 0 Å². The molecule has 34 heavy (non-hydrogen) atoms. The van der Waals surface area contributed by atoms with E-state index in [1.807, 2.05) is 30.3 Å². The zero-order valence-electron chi connectivity index (χ0n) is 19.6. The van der Waals surface area contributed by atoms with Crippen LogP contribution in [0.5, 0.6) is 11.5 Å². The lowest BCUT2D eigenvalue weighted by molar-refractivity contribution is -0.385. The molecule has 1 N–H and O–H groups in total. The van der Waals surface area contributed by atoms with Crippen molar-refractivity contribution in [3.63, 3.8) is 0 Å². The maximum atomic E-state index is 13.1. The molecule has 2 amide bonds. The van der Waals surface area contributed by atoms with Crippen LogP contribution in [0.4, 0.5) is 5.69 Å². The number of carbonyl (C=O) groups excluding carboxylic acids is 2. The van der Waals surface area contributed by atoms with Gasteiger partial charge in [-0.1, -0.05) is 43.2 Å². The second kappa shape index (κ2) is 12.0. The lowest BCUT2D eigenvalue weighted by atomic mass is 10.1. The number of nitro benzene ring substituents is 1. The van der Waals surface area contributed by atoms with Gasteiger partial charge in [-0.05, 0) is 37.8 Å². The monoisotopic (exact) mass is 469 g/mol. The van der Waals surface area contributed by atoms with E-state index in [4.69, 9.17) is 9.47 Å². The van der Waals surface area contributed by atoms with Crippen LogP contribution in [-0.4, -0.2) is 54.0 Å². The van der Waals surface area contributed by atoms with Gasteiger partial charge in [0, 0.05) is 24.7 Å². The van der Waals surface area contributed by atoms with E-state index in [2.05, 4.69) is 5.32 Å². The van der Waals surface area contributed by atoms with Gasteiger partial charge in [-0.15, -0.1) is 0 Å². The first-order valence-corrected chi connectivity index (χ1v) is 11.5. The normalized spacial score (nSPS) is 14.3. The molecular formula is C25H31N3O6. The molecule has 0 saturated heterocycles. The van der Waals surface area contributed by atoms with Gasteiger partial charge in [0.15, 0.2) is 6.61 Å². The molecule has 1 aliphatic rings. The number of hydrogen-bond donors (Lipinski definition) is 1. The lowest BCUT2D eigenvalue weighted by Crippen LogP contribution is -2.51. The highest BCUT2D eigenvalue weighted by Crippen LogP contribution is 2.30. The van der Waals surface area contributed by atoms with Gasteiger partial charge in [-0.3, -0.25) is 19.7 Å². The average Bonchev–Trinajstić information content (AvgIpc) is 3.36. The molecule has 0 aromatic heterocycles. The van der Waals surface area contributed by atoms with Crippen LogP contribution >= 0.6 is 0 Å². The number of hydrogen-bond acceptors (Lipinski definition) is 6. The highest BCUT2D eigenvalue weighted by Gasteiger charge is 2.28. The molecular weight excluding hydrogens is 438 g/mol. The number of nitrogens with one attached hydrogen (secondary N) is 1. The zero-order chi connectivity index (χ0) is 24.5. The van der Waals surface area contributed by atoms with Crippen molar-refractivity contribution in [3.8, 4) is 11.5 Å². The molecule has 2 aromatic carbocycles. The summed E-state index contributed by atoms with van der Waals surface area (Å²) >= 11 is 0. The van der Waals surface area contributed by atoms with E-state index < -0.39 is 11.0 Å². The molecule has 0 heterocycles. The third-order valence-corrected chi connectivity index (χ3v) is 6.06. The summed E-state index contributed by atoms with van der Waals surface area (Å²) in [5.41, 5.74) is 0.868. The standard InChI is InChI=1S/C25H31N3O6/c1-18(25(30)26-20-10-6-7-11-20)27(15-14-19-8-4-3-5-9-19)24(29)17-34-21-12-13-22(28(31)32)23(16-21)33-2/h3-5,8-9,12-13,16,18,20H,6-7,10-11,14-15,17H2,1-2H3,(H,26,30). The summed E-state index contributed by atoms with van der Waals surface area (Å²) in [6, 6.07) is 13.3. The number of ether oxygens (including phenoxy) is 2. The van der Waals surface area contributed by atoms with Gasteiger partial charge in [0.05, 0.1) is 12.0 Å². The Morgan fingerprint density at radius 3 is 2.53 bits per heavy atom. The van der Waals surface area contributed by atoms with E-state index in [1.54, 1.807) is 6.92 Å². The van der Waals surface area contributed by atoms with Crippen molar-refractivity contribution >= 4 is 17.5 Å². The molecule has 2 aromatic rings. The summed E-state index contributed by atoms with van der Waals surface area (Å²) in [4.78, 5) is 38.1. The molecule has 0 aliphatic heterocycles. The molecule has 1 atom stereocenters. The topological polar surface area (TPSA) is 111 Å². The fourth-order valence-corrected chi connectivity index (χ4v) is 4.09. The fourth-order valence-electron chi connectivity index (χ4n) is 4.09. The van der Waals surface area contributed by atoms with Crippen LogP contribution in [0.2, 0.25) is 0 Å². The van der Waals surface area contributed by atoms with E-state index in [9.17, 15) is 19.7 Å². The summed E-state index contributed by atoms with van der Waals surface area (Å²) in [5.74, 6) is -0.213. The van der Waals surface area contributed by atoms with Crippen LogP contribution in [0.1, 0.15) is 38.2 Å².